The minimum atomic E-state index is -0.359. The minimum absolute atomic E-state index is 0.152. The summed E-state index contributed by atoms with van der Waals surface area (Å²) in [5.41, 5.74) is 2.79. The number of hydrogen-bond donors (Lipinski definition) is 1. The van der Waals surface area contributed by atoms with E-state index in [4.69, 9.17) is 0 Å². The lowest BCUT2D eigenvalue weighted by Gasteiger charge is -2.28. The molecule has 5 nitrogen and oxygen atoms in total. The molecule has 7 heteroatoms. The van der Waals surface area contributed by atoms with Crippen LogP contribution in [-0.4, -0.2) is 38.8 Å². The fourth-order valence-electron chi connectivity index (χ4n) is 5.29. The highest BCUT2D eigenvalue weighted by Crippen LogP contribution is 2.60. The van der Waals surface area contributed by atoms with Crippen LogP contribution < -0.4 is 5.32 Å². The van der Waals surface area contributed by atoms with Crippen LogP contribution in [0.15, 0.2) is 54.6 Å². The summed E-state index contributed by atoms with van der Waals surface area (Å²) in [6, 6.07) is 17.5. The molecule has 2 aliphatic carbocycles. The van der Waals surface area contributed by atoms with Gasteiger partial charge in [-0.25, -0.2) is 0 Å². The Hall–Kier alpha value is -1.99. The highest BCUT2D eigenvalue weighted by atomic mass is 79.9. The molecule has 0 unspecified atom stereocenters. The van der Waals surface area contributed by atoms with E-state index in [0.29, 0.717) is 5.69 Å². The first-order chi connectivity index (χ1) is 14.5. The number of benzene rings is 2. The Morgan fingerprint density at radius 1 is 0.867 bits per heavy atom. The van der Waals surface area contributed by atoms with E-state index in [1.165, 1.54) is 0 Å². The van der Waals surface area contributed by atoms with Gasteiger partial charge in [-0.1, -0.05) is 74.3 Å². The third-order valence-corrected chi connectivity index (χ3v) is 9.86. The van der Waals surface area contributed by atoms with E-state index in [1.54, 1.807) is 0 Å². The van der Waals surface area contributed by atoms with Crippen LogP contribution in [0.3, 0.4) is 0 Å². The largest absolute Gasteiger partial charge is 0.325 e. The number of alkyl halides is 2. The highest BCUT2D eigenvalue weighted by Gasteiger charge is 2.66. The van der Waals surface area contributed by atoms with Gasteiger partial charge in [0.1, 0.15) is 6.54 Å². The number of likely N-dealkylation sites (tertiary alicyclic amines) is 1. The van der Waals surface area contributed by atoms with Crippen LogP contribution in [0.4, 0.5) is 5.69 Å². The number of nitrogens with zero attached hydrogens (tertiary/aromatic N) is 1. The number of nitrogens with one attached hydrogen (secondary N) is 1. The van der Waals surface area contributed by atoms with Gasteiger partial charge in [0.05, 0.1) is 11.8 Å². The van der Waals surface area contributed by atoms with Crippen LogP contribution in [0.5, 0.6) is 0 Å². The van der Waals surface area contributed by atoms with Crippen molar-refractivity contribution in [3.05, 3.63) is 54.6 Å². The number of amides is 3. The van der Waals surface area contributed by atoms with Gasteiger partial charge in [-0.05, 0) is 41.5 Å². The van der Waals surface area contributed by atoms with Gasteiger partial charge in [-0.15, -0.1) is 0 Å². The predicted molar refractivity (Wildman–Crippen MR) is 121 cm³/mol. The Bertz CT molecular complexity index is 979. The maximum Gasteiger partial charge on any atom is 0.244 e. The van der Waals surface area contributed by atoms with E-state index in [2.05, 4.69) is 37.2 Å². The molecule has 3 amide bonds. The molecule has 154 valence electrons. The van der Waals surface area contributed by atoms with Gasteiger partial charge in [0.25, 0.3) is 0 Å². The molecule has 2 saturated carbocycles. The SMILES string of the molecule is O=C(CN1C(=O)[C@@H]2[C@H]3C[C@@H]([C@H](Br)[C@@H]3Br)[C@@H]2C1=O)Nc1ccc(-c2ccccc2)cc1. The Balaban J connectivity index is 1.25. The molecule has 2 bridgehead atoms. The molecule has 5 rings (SSSR count). The fourth-order valence-corrected chi connectivity index (χ4v) is 7.16. The summed E-state index contributed by atoms with van der Waals surface area (Å²) < 4.78 is 0. The van der Waals surface area contributed by atoms with Crippen molar-refractivity contribution in [2.45, 2.75) is 16.1 Å². The van der Waals surface area contributed by atoms with Crippen molar-refractivity contribution in [3.8, 4) is 11.1 Å². The van der Waals surface area contributed by atoms with Crippen LogP contribution in [0.1, 0.15) is 6.42 Å². The van der Waals surface area contributed by atoms with Gasteiger partial charge in [0.15, 0.2) is 0 Å². The van der Waals surface area contributed by atoms with E-state index in [0.717, 1.165) is 22.4 Å². The molecule has 0 radical (unpaired) electrons. The van der Waals surface area contributed by atoms with Crippen molar-refractivity contribution in [2.75, 3.05) is 11.9 Å². The van der Waals surface area contributed by atoms with E-state index in [9.17, 15) is 14.4 Å². The summed E-state index contributed by atoms with van der Waals surface area (Å²) in [6.07, 6.45) is 0.881. The number of anilines is 1. The molecule has 2 aromatic rings. The number of carbonyl (C=O) groups is 3. The zero-order valence-corrected chi connectivity index (χ0v) is 19.2. The summed E-state index contributed by atoms with van der Waals surface area (Å²) in [7, 11) is 0. The number of rotatable bonds is 4. The molecule has 1 N–H and O–H groups in total. The molecule has 30 heavy (non-hydrogen) atoms. The third kappa shape index (κ3) is 3.14. The van der Waals surface area contributed by atoms with Gasteiger partial charge >= 0.3 is 0 Å². The van der Waals surface area contributed by atoms with Crippen LogP contribution in [0.25, 0.3) is 11.1 Å². The van der Waals surface area contributed by atoms with Gasteiger partial charge in [0, 0.05) is 15.3 Å². The normalized spacial score (nSPS) is 31.9. The van der Waals surface area contributed by atoms with Crippen molar-refractivity contribution in [1.82, 2.24) is 4.90 Å². The Morgan fingerprint density at radius 3 is 1.97 bits per heavy atom. The second-order valence-electron chi connectivity index (χ2n) is 8.26. The molecule has 0 spiro atoms. The fraction of sp³-hybridized carbons (Fsp3) is 0.348. The number of fused-ring (bicyclic) bond motifs is 5. The first-order valence-electron chi connectivity index (χ1n) is 10.0. The lowest BCUT2D eigenvalue weighted by Crippen LogP contribution is -2.39. The molecule has 3 fully saturated rings. The Labute approximate surface area is 191 Å². The molecule has 0 aromatic heterocycles. The lowest BCUT2D eigenvalue weighted by atomic mass is 9.81. The average Bonchev–Trinajstić information content (AvgIpc) is 3.36. The second-order valence-corrected chi connectivity index (χ2v) is 10.4. The predicted octanol–water partition coefficient (Wildman–Crippen LogP) is 4.07. The van der Waals surface area contributed by atoms with Crippen molar-refractivity contribution in [2.24, 2.45) is 23.7 Å². The standard InChI is InChI=1S/C23H20Br2N2O3/c24-20-15-10-16(21(20)25)19-18(15)22(29)27(23(19)30)11-17(28)26-14-8-6-13(7-9-14)12-4-2-1-3-5-12/h1-9,15-16,18-21H,10-11H2,(H,26,28)/t15-,16-,18-,19+,20-,21+/m1/s1. The molecule has 1 heterocycles. The van der Waals surface area contributed by atoms with Crippen molar-refractivity contribution in [3.63, 3.8) is 0 Å². The van der Waals surface area contributed by atoms with Gasteiger partial charge in [-0.3, -0.25) is 19.3 Å². The second kappa shape index (κ2) is 7.61. The van der Waals surface area contributed by atoms with E-state index in [1.807, 2.05) is 54.6 Å². The molecule has 3 aliphatic rings. The maximum atomic E-state index is 12.9. The summed E-state index contributed by atoms with van der Waals surface area (Å²) in [4.78, 5) is 39.9. The number of carbonyl (C=O) groups excluding carboxylic acids is 3. The first-order valence-corrected chi connectivity index (χ1v) is 11.9. The van der Waals surface area contributed by atoms with E-state index < -0.39 is 0 Å². The van der Waals surface area contributed by atoms with Crippen molar-refractivity contribution in [1.29, 1.82) is 0 Å². The lowest BCUT2D eigenvalue weighted by molar-refractivity contribution is -0.143. The minimum Gasteiger partial charge on any atom is -0.325 e. The first kappa shape index (κ1) is 19.9. The molecule has 1 saturated heterocycles. The summed E-state index contributed by atoms with van der Waals surface area (Å²) in [5.74, 6) is -1.04. The highest BCUT2D eigenvalue weighted by molar-refractivity contribution is 9.12. The molecule has 6 atom stereocenters. The van der Waals surface area contributed by atoms with Crippen LogP contribution in [0.2, 0.25) is 0 Å². The van der Waals surface area contributed by atoms with Crippen LogP contribution in [0, 0.1) is 23.7 Å². The number of imide groups is 1. The molecule has 1 aliphatic heterocycles. The molecular formula is C23H20Br2N2O3. The monoisotopic (exact) mass is 530 g/mol. The van der Waals surface area contributed by atoms with Gasteiger partial charge in [0.2, 0.25) is 17.7 Å². The molecular weight excluding hydrogens is 512 g/mol. The van der Waals surface area contributed by atoms with Gasteiger partial charge in [-0.2, -0.15) is 0 Å². The van der Waals surface area contributed by atoms with E-state index >= 15 is 0 Å². The zero-order chi connectivity index (χ0) is 21.0. The zero-order valence-electron chi connectivity index (χ0n) is 16.0. The number of hydrogen-bond acceptors (Lipinski definition) is 3. The van der Waals surface area contributed by atoms with Crippen LogP contribution >= 0.6 is 31.9 Å². The summed E-state index contributed by atoms with van der Waals surface area (Å²) in [5, 5.41) is 2.81. The Morgan fingerprint density at radius 2 is 1.40 bits per heavy atom. The molecule has 2 aromatic carbocycles. The quantitative estimate of drug-likeness (QED) is 0.477. The average molecular weight is 532 g/mol. The maximum absolute atomic E-state index is 12.9. The van der Waals surface area contributed by atoms with Gasteiger partial charge < -0.3 is 5.32 Å². The Kier molecular flexibility index (Phi) is 5.06. The number of halogens is 2. The van der Waals surface area contributed by atoms with Crippen molar-refractivity contribution < 1.29 is 14.4 Å². The smallest absolute Gasteiger partial charge is 0.244 e. The van der Waals surface area contributed by atoms with Crippen molar-refractivity contribution >= 4 is 55.3 Å². The summed E-state index contributed by atoms with van der Waals surface area (Å²) >= 11 is 7.35. The summed E-state index contributed by atoms with van der Waals surface area (Å²) in [6.45, 7) is -0.232. The topological polar surface area (TPSA) is 66.5 Å². The van der Waals surface area contributed by atoms with E-state index in [-0.39, 0.29) is 57.6 Å². The van der Waals surface area contributed by atoms with Crippen LogP contribution in [-0.2, 0) is 14.4 Å². The third-order valence-electron chi connectivity index (χ3n) is 6.66.